The van der Waals surface area contributed by atoms with Crippen molar-refractivity contribution in [3.63, 3.8) is 0 Å². The summed E-state index contributed by atoms with van der Waals surface area (Å²) in [5.41, 5.74) is 2.47. The molecular formula is C25H36FN2O3PS. The van der Waals surface area contributed by atoms with Crippen molar-refractivity contribution in [3.05, 3.63) is 59.7 Å². The molecule has 1 unspecified atom stereocenters. The zero-order chi connectivity index (χ0) is 23.4. The van der Waals surface area contributed by atoms with Crippen molar-refractivity contribution in [2.24, 2.45) is 0 Å². The highest BCUT2D eigenvalue weighted by Crippen LogP contribution is 2.43. The molecule has 2 aromatic rings. The Kier molecular flexibility index (Phi) is 11.4. The van der Waals surface area contributed by atoms with E-state index in [2.05, 4.69) is 45.2 Å². The Bertz CT molecular complexity index is 866. The Morgan fingerprint density at radius 1 is 1.15 bits per heavy atom. The third-order valence-corrected chi connectivity index (χ3v) is 7.97. The van der Waals surface area contributed by atoms with Gasteiger partial charge in [0.25, 0.3) is 0 Å². The van der Waals surface area contributed by atoms with Crippen molar-refractivity contribution >= 4 is 20.0 Å². The molecule has 1 aliphatic rings. The van der Waals surface area contributed by atoms with Gasteiger partial charge in [-0.05, 0) is 61.4 Å². The molecule has 1 aliphatic carbocycles. The maximum Gasteiger partial charge on any atom is 0.316 e. The van der Waals surface area contributed by atoms with Crippen LogP contribution in [0.5, 0.6) is 0 Å². The molecule has 0 spiro atoms. The number of thioether (sulfide) groups is 1. The Labute approximate surface area is 201 Å². The van der Waals surface area contributed by atoms with E-state index in [4.69, 9.17) is 4.89 Å². The van der Waals surface area contributed by atoms with E-state index < -0.39 is 8.25 Å². The molecule has 0 saturated heterocycles. The summed E-state index contributed by atoms with van der Waals surface area (Å²) in [6, 6.07) is 12.5. The standard InChI is InChI=1S/C25H36FN2O3PS/c26-23-18-22(19-27-15-9-16-31-32(29)30)28-20-24(23)33-17-8-7-14-25(12-5-2-6-13-25)21-10-3-1-4-11-21/h1,3-4,10-11,18,20,27,32H,2,5-9,12-17,19H2,(H,29,30). The van der Waals surface area contributed by atoms with E-state index in [0.29, 0.717) is 35.5 Å². The van der Waals surface area contributed by atoms with Gasteiger partial charge in [-0.15, -0.1) is 11.8 Å². The highest BCUT2D eigenvalue weighted by molar-refractivity contribution is 7.99. The fourth-order valence-electron chi connectivity index (χ4n) is 4.68. The summed E-state index contributed by atoms with van der Waals surface area (Å²) in [6.45, 7) is 1.29. The normalized spacial score (nSPS) is 16.5. The van der Waals surface area contributed by atoms with E-state index >= 15 is 0 Å². The molecule has 182 valence electrons. The number of rotatable bonds is 14. The molecule has 0 aliphatic heterocycles. The van der Waals surface area contributed by atoms with Crippen molar-refractivity contribution < 1.29 is 18.4 Å². The zero-order valence-electron chi connectivity index (χ0n) is 19.2. The first-order valence-corrected chi connectivity index (χ1v) is 14.2. The second-order valence-electron chi connectivity index (χ2n) is 8.76. The lowest BCUT2D eigenvalue weighted by molar-refractivity contribution is 0.268. The first-order chi connectivity index (χ1) is 16.1. The molecule has 0 radical (unpaired) electrons. The number of aromatic nitrogens is 1. The number of nitrogens with one attached hydrogen (secondary N) is 1. The third kappa shape index (κ3) is 8.80. The third-order valence-electron chi connectivity index (χ3n) is 6.41. The summed E-state index contributed by atoms with van der Waals surface area (Å²) >= 11 is 1.55. The smallest absolute Gasteiger partial charge is 0.316 e. The first kappa shape index (κ1) is 26.4. The van der Waals surface area contributed by atoms with Gasteiger partial charge in [0.1, 0.15) is 5.82 Å². The quantitative estimate of drug-likeness (QED) is 0.183. The van der Waals surface area contributed by atoms with E-state index in [9.17, 15) is 8.96 Å². The lowest BCUT2D eigenvalue weighted by Gasteiger charge is -2.38. The summed E-state index contributed by atoms with van der Waals surface area (Å²) < 4.78 is 29.6. The van der Waals surface area contributed by atoms with Gasteiger partial charge in [-0.2, -0.15) is 0 Å². The minimum absolute atomic E-state index is 0.220. The molecule has 33 heavy (non-hydrogen) atoms. The van der Waals surface area contributed by atoms with E-state index in [-0.39, 0.29) is 12.4 Å². The van der Waals surface area contributed by atoms with Gasteiger partial charge in [0.2, 0.25) is 0 Å². The number of benzene rings is 1. The largest absolute Gasteiger partial charge is 0.326 e. The minimum atomic E-state index is -2.86. The number of unbranched alkanes of at least 4 members (excludes halogenated alkanes) is 1. The van der Waals surface area contributed by atoms with Gasteiger partial charge in [-0.25, -0.2) is 4.39 Å². The predicted molar refractivity (Wildman–Crippen MR) is 133 cm³/mol. The van der Waals surface area contributed by atoms with E-state index in [0.717, 1.165) is 18.6 Å². The Morgan fingerprint density at radius 2 is 1.94 bits per heavy atom. The van der Waals surface area contributed by atoms with Crippen LogP contribution in [0, 0.1) is 5.82 Å². The Hall–Kier alpha value is -1.24. The molecule has 1 aromatic heterocycles. The maximum absolute atomic E-state index is 14.5. The van der Waals surface area contributed by atoms with Crippen molar-refractivity contribution in [1.29, 1.82) is 0 Å². The first-order valence-electron chi connectivity index (χ1n) is 12.0. The van der Waals surface area contributed by atoms with Crippen LogP contribution in [0.2, 0.25) is 0 Å². The number of nitrogens with zero attached hydrogens (tertiary/aromatic N) is 1. The molecule has 5 nitrogen and oxygen atoms in total. The van der Waals surface area contributed by atoms with Crippen LogP contribution >= 0.6 is 20.0 Å². The number of halogens is 1. The molecule has 1 heterocycles. The second kappa shape index (κ2) is 14.2. The Balaban J connectivity index is 1.38. The van der Waals surface area contributed by atoms with Crippen molar-refractivity contribution in [2.75, 3.05) is 18.9 Å². The van der Waals surface area contributed by atoms with Crippen LogP contribution in [0.15, 0.2) is 47.5 Å². The van der Waals surface area contributed by atoms with Crippen molar-refractivity contribution in [3.8, 4) is 0 Å². The maximum atomic E-state index is 14.5. The van der Waals surface area contributed by atoms with Crippen LogP contribution in [-0.2, 0) is 21.0 Å². The van der Waals surface area contributed by atoms with Crippen LogP contribution < -0.4 is 5.32 Å². The number of hydrogen-bond acceptors (Lipinski definition) is 5. The van der Waals surface area contributed by atoms with Crippen molar-refractivity contribution in [2.45, 2.75) is 74.6 Å². The van der Waals surface area contributed by atoms with Gasteiger partial charge < -0.3 is 14.7 Å². The van der Waals surface area contributed by atoms with Gasteiger partial charge >= 0.3 is 8.25 Å². The SMILES string of the molecule is O=[PH](O)OCCCNCc1cc(F)c(SCCCCC2(c3ccccc3)CCCCC2)cn1. The van der Waals surface area contributed by atoms with Crippen LogP contribution in [0.25, 0.3) is 0 Å². The van der Waals surface area contributed by atoms with Gasteiger partial charge in [0, 0.05) is 12.7 Å². The van der Waals surface area contributed by atoms with E-state index in [1.807, 2.05) is 0 Å². The molecule has 3 rings (SSSR count). The monoisotopic (exact) mass is 494 g/mol. The van der Waals surface area contributed by atoms with Crippen LogP contribution in [-0.4, -0.2) is 28.8 Å². The molecular weight excluding hydrogens is 458 g/mol. The number of pyridine rings is 1. The highest BCUT2D eigenvalue weighted by Gasteiger charge is 2.32. The molecule has 8 heteroatoms. The van der Waals surface area contributed by atoms with Gasteiger partial charge in [-0.1, -0.05) is 56.0 Å². The van der Waals surface area contributed by atoms with E-state index in [1.54, 1.807) is 18.0 Å². The lowest BCUT2D eigenvalue weighted by atomic mass is 9.67. The zero-order valence-corrected chi connectivity index (χ0v) is 21.0. The number of hydrogen-bond donors (Lipinski definition) is 2. The van der Waals surface area contributed by atoms with Crippen molar-refractivity contribution in [1.82, 2.24) is 10.3 Å². The molecule has 1 aromatic carbocycles. The highest BCUT2D eigenvalue weighted by atomic mass is 32.2. The molecule has 0 bridgehead atoms. The van der Waals surface area contributed by atoms with Gasteiger partial charge in [-0.3, -0.25) is 9.55 Å². The molecule has 2 N–H and O–H groups in total. The average molecular weight is 495 g/mol. The second-order valence-corrected chi connectivity index (χ2v) is 10.7. The van der Waals surface area contributed by atoms with E-state index in [1.165, 1.54) is 50.2 Å². The summed E-state index contributed by atoms with van der Waals surface area (Å²) in [7, 11) is -2.86. The van der Waals surface area contributed by atoms with Crippen LogP contribution in [0.1, 0.15) is 69.0 Å². The minimum Gasteiger partial charge on any atom is -0.326 e. The fraction of sp³-hybridized carbons (Fsp3) is 0.560. The molecule has 1 saturated carbocycles. The average Bonchev–Trinajstić information content (AvgIpc) is 2.83. The summed E-state index contributed by atoms with van der Waals surface area (Å²) in [5, 5.41) is 3.14. The summed E-state index contributed by atoms with van der Waals surface area (Å²) in [6.07, 6.45) is 12.2. The Morgan fingerprint density at radius 3 is 2.67 bits per heavy atom. The predicted octanol–water partition coefficient (Wildman–Crippen LogP) is 6.26. The molecule has 1 atom stereocenters. The van der Waals surface area contributed by atoms with Crippen LogP contribution in [0.4, 0.5) is 4.39 Å². The molecule has 0 amide bonds. The van der Waals surface area contributed by atoms with Gasteiger partial charge in [0.15, 0.2) is 0 Å². The topological polar surface area (TPSA) is 71.5 Å². The van der Waals surface area contributed by atoms with Gasteiger partial charge in [0.05, 0.1) is 17.2 Å². The lowest BCUT2D eigenvalue weighted by Crippen LogP contribution is -2.29. The fourth-order valence-corrected chi connectivity index (χ4v) is 5.90. The molecule has 1 fully saturated rings. The summed E-state index contributed by atoms with van der Waals surface area (Å²) in [4.78, 5) is 13.6. The summed E-state index contributed by atoms with van der Waals surface area (Å²) in [5.74, 6) is 0.678. The van der Waals surface area contributed by atoms with Crippen LogP contribution in [0.3, 0.4) is 0 Å².